The minimum Gasteiger partial charge on any atom is -0.371 e. The molecule has 1 aliphatic rings. The molecular formula is C14H21FN2. The van der Waals surface area contributed by atoms with Crippen molar-refractivity contribution in [3.63, 3.8) is 0 Å². The molecule has 1 aromatic carbocycles. The first-order valence-electron chi connectivity index (χ1n) is 6.47. The van der Waals surface area contributed by atoms with Crippen molar-refractivity contribution in [3.05, 3.63) is 29.6 Å². The molecule has 0 radical (unpaired) electrons. The third-order valence-electron chi connectivity index (χ3n) is 3.30. The third kappa shape index (κ3) is 3.43. The van der Waals surface area contributed by atoms with E-state index in [1.54, 1.807) is 12.1 Å². The lowest BCUT2D eigenvalue weighted by Gasteiger charge is -2.23. The Kier molecular flexibility index (Phi) is 4.00. The Hall–Kier alpha value is -1.09. The monoisotopic (exact) mass is 236 g/mol. The van der Waals surface area contributed by atoms with Crippen molar-refractivity contribution in [2.45, 2.75) is 26.2 Å². The topological polar surface area (TPSA) is 29.3 Å². The van der Waals surface area contributed by atoms with E-state index >= 15 is 0 Å². The summed E-state index contributed by atoms with van der Waals surface area (Å²) in [5.74, 6) is 0.663. The molecule has 1 saturated carbocycles. The fraction of sp³-hybridized carbons (Fsp3) is 0.571. The van der Waals surface area contributed by atoms with Crippen molar-refractivity contribution >= 4 is 5.69 Å². The lowest BCUT2D eigenvalue weighted by molar-refractivity contribution is 0.623. The molecule has 0 spiro atoms. The number of anilines is 1. The third-order valence-corrected chi connectivity index (χ3v) is 3.30. The molecule has 1 fully saturated rings. The van der Waals surface area contributed by atoms with Crippen LogP contribution in [0, 0.1) is 11.7 Å². The smallest absolute Gasteiger partial charge is 0.125 e. The normalized spacial score (nSPS) is 15.0. The van der Waals surface area contributed by atoms with Crippen LogP contribution >= 0.6 is 0 Å². The second-order valence-electron chi connectivity index (χ2n) is 4.84. The lowest BCUT2D eigenvalue weighted by Crippen LogP contribution is -2.25. The van der Waals surface area contributed by atoms with Gasteiger partial charge < -0.3 is 10.6 Å². The van der Waals surface area contributed by atoms with Crippen molar-refractivity contribution in [1.29, 1.82) is 0 Å². The highest BCUT2D eigenvalue weighted by atomic mass is 19.1. The molecule has 1 aromatic rings. The van der Waals surface area contributed by atoms with Crippen LogP contribution in [0.15, 0.2) is 18.2 Å². The van der Waals surface area contributed by atoms with Crippen LogP contribution in [0.4, 0.5) is 10.1 Å². The number of hydrogen-bond donors (Lipinski definition) is 1. The van der Waals surface area contributed by atoms with E-state index in [0.717, 1.165) is 36.7 Å². The Bertz CT molecular complexity index is 374. The van der Waals surface area contributed by atoms with Crippen LogP contribution in [0.3, 0.4) is 0 Å². The van der Waals surface area contributed by atoms with Gasteiger partial charge in [0.05, 0.1) is 0 Å². The van der Waals surface area contributed by atoms with Crippen LogP contribution in [0.1, 0.15) is 25.3 Å². The molecular weight excluding hydrogens is 215 g/mol. The van der Waals surface area contributed by atoms with E-state index in [9.17, 15) is 4.39 Å². The molecule has 0 atom stereocenters. The van der Waals surface area contributed by atoms with Gasteiger partial charge in [-0.25, -0.2) is 4.39 Å². The van der Waals surface area contributed by atoms with Gasteiger partial charge in [0.15, 0.2) is 0 Å². The van der Waals surface area contributed by atoms with Gasteiger partial charge in [0, 0.05) is 18.8 Å². The van der Waals surface area contributed by atoms with Gasteiger partial charge in [0.1, 0.15) is 5.82 Å². The average Bonchev–Trinajstić information content (AvgIpc) is 3.09. The molecule has 0 aromatic heterocycles. The molecule has 0 bridgehead atoms. The summed E-state index contributed by atoms with van der Waals surface area (Å²) < 4.78 is 13.5. The van der Waals surface area contributed by atoms with Crippen LogP contribution in [0.25, 0.3) is 0 Å². The predicted molar refractivity (Wildman–Crippen MR) is 69.8 cm³/mol. The first kappa shape index (κ1) is 12.4. The van der Waals surface area contributed by atoms with Gasteiger partial charge in [0.2, 0.25) is 0 Å². The zero-order valence-electron chi connectivity index (χ0n) is 10.5. The van der Waals surface area contributed by atoms with E-state index in [0.29, 0.717) is 6.54 Å². The summed E-state index contributed by atoms with van der Waals surface area (Å²) in [6, 6.07) is 5.29. The van der Waals surface area contributed by atoms with Crippen LogP contribution in [-0.2, 0) is 6.42 Å². The summed E-state index contributed by atoms with van der Waals surface area (Å²) >= 11 is 0. The minimum absolute atomic E-state index is 0.153. The second kappa shape index (κ2) is 5.50. The average molecular weight is 236 g/mol. The van der Waals surface area contributed by atoms with E-state index in [4.69, 9.17) is 5.73 Å². The summed E-state index contributed by atoms with van der Waals surface area (Å²) in [6.07, 6.45) is 3.38. The fourth-order valence-electron chi connectivity index (χ4n) is 2.16. The standard InChI is InChI=1S/C14H21FN2/c1-2-17(10-11-3-4-11)14-8-12(5-6-16)7-13(15)9-14/h7-9,11H,2-6,10,16H2,1H3. The van der Waals surface area contributed by atoms with E-state index in [1.165, 1.54) is 12.8 Å². The number of nitrogens with zero attached hydrogens (tertiary/aromatic N) is 1. The Morgan fingerprint density at radius 1 is 1.35 bits per heavy atom. The Morgan fingerprint density at radius 2 is 2.12 bits per heavy atom. The predicted octanol–water partition coefficient (Wildman–Crippen LogP) is 2.56. The molecule has 0 unspecified atom stereocenters. The number of rotatable bonds is 6. The Balaban J connectivity index is 2.15. The van der Waals surface area contributed by atoms with Crippen LogP contribution in [0.5, 0.6) is 0 Å². The highest BCUT2D eigenvalue weighted by Crippen LogP contribution is 2.31. The summed E-state index contributed by atoms with van der Waals surface area (Å²) in [6.45, 7) is 4.68. The largest absolute Gasteiger partial charge is 0.371 e. The first-order chi connectivity index (χ1) is 8.22. The quantitative estimate of drug-likeness (QED) is 0.822. The zero-order chi connectivity index (χ0) is 12.3. The molecule has 0 amide bonds. The van der Waals surface area contributed by atoms with E-state index in [-0.39, 0.29) is 5.82 Å². The van der Waals surface area contributed by atoms with Crippen molar-refractivity contribution in [1.82, 2.24) is 0 Å². The molecule has 1 aliphatic carbocycles. The van der Waals surface area contributed by atoms with Crippen molar-refractivity contribution < 1.29 is 4.39 Å². The maximum atomic E-state index is 13.5. The van der Waals surface area contributed by atoms with Crippen LogP contribution in [-0.4, -0.2) is 19.6 Å². The molecule has 0 aliphatic heterocycles. The molecule has 0 heterocycles. The molecule has 2 nitrogen and oxygen atoms in total. The van der Waals surface area contributed by atoms with Crippen LogP contribution < -0.4 is 10.6 Å². The van der Waals surface area contributed by atoms with Gasteiger partial charge in [-0.1, -0.05) is 0 Å². The molecule has 94 valence electrons. The number of nitrogens with two attached hydrogens (primary N) is 1. The number of halogens is 1. The highest BCUT2D eigenvalue weighted by Gasteiger charge is 2.24. The molecule has 2 N–H and O–H groups in total. The van der Waals surface area contributed by atoms with Gasteiger partial charge in [-0.2, -0.15) is 0 Å². The van der Waals surface area contributed by atoms with Gasteiger partial charge in [-0.3, -0.25) is 0 Å². The van der Waals surface area contributed by atoms with Crippen molar-refractivity contribution in [3.8, 4) is 0 Å². The van der Waals surface area contributed by atoms with Crippen molar-refractivity contribution in [2.75, 3.05) is 24.5 Å². The molecule has 0 saturated heterocycles. The SMILES string of the molecule is CCN(CC1CC1)c1cc(F)cc(CCN)c1. The first-order valence-corrected chi connectivity index (χ1v) is 6.47. The maximum absolute atomic E-state index is 13.5. The maximum Gasteiger partial charge on any atom is 0.125 e. The highest BCUT2D eigenvalue weighted by molar-refractivity contribution is 5.49. The number of benzene rings is 1. The lowest BCUT2D eigenvalue weighted by atomic mass is 10.1. The summed E-state index contributed by atoms with van der Waals surface area (Å²) in [5, 5.41) is 0. The summed E-state index contributed by atoms with van der Waals surface area (Å²) in [7, 11) is 0. The van der Waals surface area contributed by atoms with Gasteiger partial charge in [0.25, 0.3) is 0 Å². The number of hydrogen-bond acceptors (Lipinski definition) is 2. The fourth-order valence-corrected chi connectivity index (χ4v) is 2.16. The van der Waals surface area contributed by atoms with Gasteiger partial charge in [-0.15, -0.1) is 0 Å². The summed E-state index contributed by atoms with van der Waals surface area (Å²) in [4.78, 5) is 2.26. The van der Waals surface area contributed by atoms with E-state index in [2.05, 4.69) is 17.9 Å². The van der Waals surface area contributed by atoms with Gasteiger partial charge >= 0.3 is 0 Å². The van der Waals surface area contributed by atoms with Crippen LogP contribution in [0.2, 0.25) is 0 Å². The molecule has 2 rings (SSSR count). The Morgan fingerprint density at radius 3 is 2.71 bits per heavy atom. The Labute approximate surface area is 103 Å². The van der Waals surface area contributed by atoms with Gasteiger partial charge in [-0.05, 0) is 62.4 Å². The molecule has 17 heavy (non-hydrogen) atoms. The van der Waals surface area contributed by atoms with E-state index < -0.39 is 0 Å². The van der Waals surface area contributed by atoms with E-state index in [1.807, 2.05) is 0 Å². The second-order valence-corrected chi connectivity index (χ2v) is 4.84. The molecule has 3 heteroatoms. The van der Waals surface area contributed by atoms with Crippen molar-refractivity contribution in [2.24, 2.45) is 11.7 Å². The summed E-state index contributed by atoms with van der Waals surface area (Å²) in [5.41, 5.74) is 7.52. The zero-order valence-corrected chi connectivity index (χ0v) is 10.5. The minimum atomic E-state index is -0.153.